The second kappa shape index (κ2) is 4.07. The predicted octanol–water partition coefficient (Wildman–Crippen LogP) is 2.08. The molecular weight excluding hydrogens is 200 g/mol. The van der Waals surface area contributed by atoms with Crippen molar-refractivity contribution in [3.8, 4) is 0 Å². The summed E-state index contributed by atoms with van der Waals surface area (Å²) in [7, 11) is 1.82. The van der Waals surface area contributed by atoms with Gasteiger partial charge in [0.15, 0.2) is 5.11 Å². The van der Waals surface area contributed by atoms with E-state index in [-0.39, 0.29) is 5.54 Å². The molecule has 0 spiro atoms. The predicted molar refractivity (Wildman–Crippen MR) is 62.1 cm³/mol. The zero-order valence-corrected chi connectivity index (χ0v) is 9.68. The normalized spacial score (nSPS) is 11.0. The van der Waals surface area contributed by atoms with Crippen LogP contribution in [0.25, 0.3) is 0 Å². The van der Waals surface area contributed by atoms with Crippen molar-refractivity contribution < 1.29 is 0 Å². The number of hydrogen-bond acceptors (Lipinski definition) is 2. The van der Waals surface area contributed by atoms with Crippen LogP contribution in [-0.4, -0.2) is 12.2 Å². The number of rotatable bonds is 2. The molecule has 1 aromatic rings. The van der Waals surface area contributed by atoms with Crippen molar-refractivity contribution in [1.29, 1.82) is 0 Å². The van der Waals surface area contributed by atoms with Gasteiger partial charge in [-0.15, -0.1) is 11.3 Å². The lowest BCUT2D eigenvalue weighted by molar-refractivity contribution is 0.494. The molecule has 0 aromatic carbocycles. The van der Waals surface area contributed by atoms with Crippen molar-refractivity contribution in [2.75, 3.05) is 7.05 Å². The molecule has 72 valence electrons. The Morgan fingerprint density at radius 2 is 2.23 bits per heavy atom. The van der Waals surface area contributed by atoms with Gasteiger partial charge in [-0.05, 0) is 37.5 Å². The number of nitrogens with one attached hydrogen (secondary N) is 2. The summed E-state index contributed by atoms with van der Waals surface area (Å²) in [6.45, 7) is 4.23. The van der Waals surface area contributed by atoms with Crippen LogP contribution < -0.4 is 10.6 Å². The molecule has 0 atom stereocenters. The smallest absolute Gasteiger partial charge is 0.166 e. The van der Waals surface area contributed by atoms with Crippen molar-refractivity contribution in [2.24, 2.45) is 0 Å². The van der Waals surface area contributed by atoms with Crippen molar-refractivity contribution in [1.82, 2.24) is 10.6 Å². The van der Waals surface area contributed by atoms with Gasteiger partial charge in [0.1, 0.15) is 0 Å². The van der Waals surface area contributed by atoms with Crippen LogP contribution in [0.4, 0.5) is 0 Å². The first-order valence-electron chi connectivity index (χ1n) is 4.10. The van der Waals surface area contributed by atoms with Gasteiger partial charge in [0.2, 0.25) is 0 Å². The maximum absolute atomic E-state index is 5.06. The molecule has 1 rings (SSSR count). The Morgan fingerprint density at radius 1 is 1.54 bits per heavy atom. The maximum Gasteiger partial charge on any atom is 0.166 e. The van der Waals surface area contributed by atoms with E-state index in [4.69, 9.17) is 12.2 Å². The molecule has 0 saturated heterocycles. The Labute approximate surface area is 88.4 Å². The van der Waals surface area contributed by atoms with Crippen LogP contribution in [0.5, 0.6) is 0 Å². The summed E-state index contributed by atoms with van der Waals surface area (Å²) < 4.78 is 0. The molecule has 2 N–H and O–H groups in total. The van der Waals surface area contributed by atoms with E-state index in [1.807, 2.05) is 13.1 Å². The third-order valence-electron chi connectivity index (χ3n) is 1.79. The minimum atomic E-state index is -0.0890. The molecule has 13 heavy (non-hydrogen) atoms. The lowest BCUT2D eigenvalue weighted by Gasteiger charge is -2.26. The van der Waals surface area contributed by atoms with E-state index in [0.29, 0.717) is 5.11 Å². The highest BCUT2D eigenvalue weighted by atomic mass is 32.1. The Bertz CT molecular complexity index is 278. The summed E-state index contributed by atoms with van der Waals surface area (Å²) in [5, 5.41) is 8.90. The van der Waals surface area contributed by atoms with Gasteiger partial charge in [0.25, 0.3) is 0 Å². The molecule has 0 saturated carbocycles. The molecular formula is C9H14N2S2. The molecule has 0 radical (unpaired) electrons. The van der Waals surface area contributed by atoms with Crippen LogP contribution in [0, 0.1) is 0 Å². The van der Waals surface area contributed by atoms with E-state index in [2.05, 4.69) is 35.9 Å². The minimum Gasteiger partial charge on any atom is -0.366 e. The highest BCUT2D eigenvalue weighted by molar-refractivity contribution is 7.80. The second-order valence-electron chi connectivity index (χ2n) is 3.31. The summed E-state index contributed by atoms with van der Waals surface area (Å²) >= 11 is 6.79. The lowest BCUT2D eigenvalue weighted by atomic mass is 10.0. The summed E-state index contributed by atoms with van der Waals surface area (Å²) in [6.07, 6.45) is 0. The van der Waals surface area contributed by atoms with Gasteiger partial charge in [-0.2, -0.15) is 0 Å². The third kappa shape index (κ3) is 2.67. The summed E-state index contributed by atoms with van der Waals surface area (Å²) in [6, 6.07) is 4.15. The van der Waals surface area contributed by atoms with E-state index in [1.165, 1.54) is 4.88 Å². The van der Waals surface area contributed by atoms with Gasteiger partial charge in [-0.25, -0.2) is 0 Å². The SMILES string of the molecule is CNC(=S)NC(C)(C)c1cccs1. The molecule has 0 aliphatic rings. The zero-order valence-electron chi connectivity index (χ0n) is 8.05. The first-order valence-corrected chi connectivity index (χ1v) is 5.39. The number of thiocarbonyl (C=S) groups is 1. The minimum absolute atomic E-state index is 0.0890. The van der Waals surface area contributed by atoms with Gasteiger partial charge >= 0.3 is 0 Å². The molecule has 2 nitrogen and oxygen atoms in total. The standard InChI is InChI=1S/C9H14N2S2/c1-9(2,11-8(12)10-3)7-5-4-6-13-7/h4-6H,1-3H3,(H2,10,11,12). The van der Waals surface area contributed by atoms with Crippen LogP contribution in [0.2, 0.25) is 0 Å². The largest absolute Gasteiger partial charge is 0.366 e. The van der Waals surface area contributed by atoms with Gasteiger partial charge < -0.3 is 10.6 Å². The lowest BCUT2D eigenvalue weighted by Crippen LogP contribution is -2.44. The van der Waals surface area contributed by atoms with Crippen molar-refractivity contribution in [3.63, 3.8) is 0 Å². The van der Waals surface area contributed by atoms with Crippen molar-refractivity contribution in [3.05, 3.63) is 22.4 Å². The maximum atomic E-state index is 5.06. The van der Waals surface area contributed by atoms with Crippen LogP contribution >= 0.6 is 23.6 Å². The molecule has 0 bridgehead atoms. The van der Waals surface area contributed by atoms with Gasteiger partial charge in [0.05, 0.1) is 5.54 Å². The van der Waals surface area contributed by atoms with Gasteiger partial charge in [-0.1, -0.05) is 6.07 Å². The summed E-state index contributed by atoms with van der Waals surface area (Å²) in [5.74, 6) is 0. The summed E-state index contributed by atoms with van der Waals surface area (Å²) in [5.41, 5.74) is -0.0890. The average Bonchev–Trinajstić information content (AvgIpc) is 2.55. The van der Waals surface area contributed by atoms with Gasteiger partial charge in [-0.3, -0.25) is 0 Å². The Balaban J connectivity index is 2.72. The fourth-order valence-electron chi connectivity index (χ4n) is 1.04. The summed E-state index contributed by atoms with van der Waals surface area (Å²) in [4.78, 5) is 1.28. The topological polar surface area (TPSA) is 24.1 Å². The average molecular weight is 214 g/mol. The fourth-order valence-corrected chi connectivity index (χ4v) is 2.10. The highest BCUT2D eigenvalue weighted by Gasteiger charge is 2.21. The monoisotopic (exact) mass is 214 g/mol. The van der Waals surface area contributed by atoms with Crippen molar-refractivity contribution >= 4 is 28.7 Å². The Kier molecular flexibility index (Phi) is 3.27. The molecule has 1 heterocycles. The van der Waals surface area contributed by atoms with E-state index >= 15 is 0 Å². The molecule has 4 heteroatoms. The highest BCUT2D eigenvalue weighted by Crippen LogP contribution is 2.24. The van der Waals surface area contributed by atoms with E-state index in [1.54, 1.807) is 11.3 Å². The number of thiophene rings is 1. The van der Waals surface area contributed by atoms with Crippen LogP contribution in [0.1, 0.15) is 18.7 Å². The Hall–Kier alpha value is -0.610. The zero-order chi connectivity index (χ0) is 9.90. The van der Waals surface area contributed by atoms with E-state index in [9.17, 15) is 0 Å². The molecule has 1 aromatic heterocycles. The van der Waals surface area contributed by atoms with Crippen LogP contribution in [0.3, 0.4) is 0 Å². The van der Waals surface area contributed by atoms with Crippen LogP contribution in [-0.2, 0) is 5.54 Å². The Morgan fingerprint density at radius 3 is 2.69 bits per heavy atom. The molecule has 0 aliphatic heterocycles. The molecule has 0 unspecified atom stereocenters. The second-order valence-corrected chi connectivity index (χ2v) is 4.66. The third-order valence-corrected chi connectivity index (χ3v) is 3.29. The molecule has 0 aliphatic carbocycles. The van der Waals surface area contributed by atoms with Gasteiger partial charge in [0, 0.05) is 11.9 Å². The van der Waals surface area contributed by atoms with E-state index in [0.717, 1.165) is 0 Å². The number of hydrogen-bond donors (Lipinski definition) is 2. The van der Waals surface area contributed by atoms with Crippen molar-refractivity contribution in [2.45, 2.75) is 19.4 Å². The molecule has 0 fully saturated rings. The van der Waals surface area contributed by atoms with Crippen LogP contribution in [0.15, 0.2) is 17.5 Å². The fraction of sp³-hybridized carbons (Fsp3) is 0.444. The first-order chi connectivity index (χ1) is 6.06. The molecule has 0 amide bonds. The first kappa shape index (κ1) is 10.5. The van der Waals surface area contributed by atoms with E-state index < -0.39 is 0 Å². The quantitative estimate of drug-likeness (QED) is 0.737.